The first-order valence-electron chi connectivity index (χ1n) is 7.87. The Hall–Kier alpha value is -2.79. The molecule has 2 rings (SSSR count). The minimum absolute atomic E-state index is 0.0378. The number of hydrogen-bond donors (Lipinski definition) is 2. The number of hydrogen-bond acceptors (Lipinski definition) is 3. The minimum Gasteiger partial charge on any atom is -0.389 e. The number of carbonyl (C=O) groups excluding carboxylic acids is 1. The van der Waals surface area contributed by atoms with Crippen LogP contribution in [0.4, 0.5) is 18.9 Å². The molecule has 2 aromatic rings. The van der Waals surface area contributed by atoms with Gasteiger partial charge < -0.3 is 10.6 Å². The molecule has 2 aromatic carbocycles. The van der Waals surface area contributed by atoms with Crippen LogP contribution in [0.1, 0.15) is 11.1 Å². The Morgan fingerprint density at radius 1 is 1.19 bits per heavy atom. The fourth-order valence-electron chi connectivity index (χ4n) is 2.20. The number of alkyl halides is 3. The Labute approximate surface area is 162 Å². The second kappa shape index (κ2) is 9.24. The van der Waals surface area contributed by atoms with Gasteiger partial charge in [0.05, 0.1) is 5.56 Å². The van der Waals surface area contributed by atoms with Crippen molar-refractivity contribution in [3.63, 3.8) is 0 Å². The van der Waals surface area contributed by atoms with Gasteiger partial charge in [0.15, 0.2) is 0 Å². The maximum atomic E-state index is 12.7. The maximum Gasteiger partial charge on any atom is 0.416 e. The van der Waals surface area contributed by atoms with Crippen molar-refractivity contribution in [3.05, 3.63) is 75.9 Å². The first kappa shape index (κ1) is 20.5. The third-order valence-electron chi connectivity index (χ3n) is 3.56. The lowest BCUT2D eigenvalue weighted by Gasteiger charge is -2.09. The van der Waals surface area contributed by atoms with Crippen LogP contribution >= 0.6 is 15.9 Å². The monoisotopic (exact) mass is 437 g/mol. The van der Waals surface area contributed by atoms with E-state index < -0.39 is 17.6 Å². The highest BCUT2D eigenvalue weighted by Crippen LogP contribution is 2.30. The van der Waals surface area contributed by atoms with Crippen LogP contribution in [0, 0.1) is 11.3 Å². The molecule has 0 heterocycles. The van der Waals surface area contributed by atoms with Gasteiger partial charge in [0.1, 0.15) is 11.6 Å². The molecule has 27 heavy (non-hydrogen) atoms. The van der Waals surface area contributed by atoms with E-state index in [1.54, 1.807) is 6.07 Å². The van der Waals surface area contributed by atoms with Crippen molar-refractivity contribution in [2.75, 3.05) is 11.9 Å². The van der Waals surface area contributed by atoms with E-state index in [4.69, 9.17) is 5.26 Å². The van der Waals surface area contributed by atoms with E-state index in [9.17, 15) is 18.0 Å². The van der Waals surface area contributed by atoms with E-state index in [1.807, 2.05) is 24.3 Å². The van der Waals surface area contributed by atoms with Crippen LogP contribution in [0.2, 0.25) is 0 Å². The van der Waals surface area contributed by atoms with Crippen molar-refractivity contribution < 1.29 is 18.0 Å². The molecule has 0 saturated heterocycles. The molecule has 0 saturated carbocycles. The van der Waals surface area contributed by atoms with E-state index in [-0.39, 0.29) is 11.3 Å². The highest BCUT2D eigenvalue weighted by molar-refractivity contribution is 9.10. The number of nitriles is 1. The summed E-state index contributed by atoms with van der Waals surface area (Å²) in [7, 11) is 0. The number of anilines is 1. The number of halogens is 4. The molecular weight excluding hydrogens is 423 g/mol. The summed E-state index contributed by atoms with van der Waals surface area (Å²) in [6, 6.07) is 13.6. The lowest BCUT2D eigenvalue weighted by atomic mass is 10.1. The maximum absolute atomic E-state index is 12.7. The van der Waals surface area contributed by atoms with Gasteiger partial charge in [-0.15, -0.1) is 0 Å². The Morgan fingerprint density at radius 2 is 1.93 bits per heavy atom. The number of amides is 1. The highest BCUT2D eigenvalue weighted by Gasteiger charge is 2.30. The summed E-state index contributed by atoms with van der Waals surface area (Å²) in [5.74, 6) is -0.787. The molecule has 2 N–H and O–H groups in total. The van der Waals surface area contributed by atoms with Crippen molar-refractivity contribution in [2.45, 2.75) is 12.6 Å². The normalized spacial score (nSPS) is 11.6. The summed E-state index contributed by atoms with van der Waals surface area (Å²) < 4.78 is 39.1. The van der Waals surface area contributed by atoms with Crippen molar-refractivity contribution in [3.8, 4) is 6.07 Å². The van der Waals surface area contributed by atoms with Crippen LogP contribution in [0.3, 0.4) is 0 Å². The molecule has 0 aliphatic rings. The fraction of sp³-hybridized carbons (Fsp3) is 0.158. The van der Waals surface area contributed by atoms with Crippen LogP contribution < -0.4 is 10.6 Å². The van der Waals surface area contributed by atoms with Gasteiger partial charge in [0, 0.05) is 22.9 Å². The van der Waals surface area contributed by atoms with Gasteiger partial charge in [-0.1, -0.05) is 40.2 Å². The van der Waals surface area contributed by atoms with Gasteiger partial charge in [-0.3, -0.25) is 4.79 Å². The molecule has 0 fully saturated rings. The van der Waals surface area contributed by atoms with Crippen molar-refractivity contribution in [1.29, 1.82) is 5.26 Å². The third-order valence-corrected chi connectivity index (χ3v) is 4.33. The molecule has 0 unspecified atom stereocenters. The SMILES string of the molecule is N#C/C(=C/NCCc1ccccc1Br)C(=O)Nc1cccc(C(F)(F)F)c1. The topological polar surface area (TPSA) is 64.9 Å². The number of nitrogens with zero attached hydrogens (tertiary/aromatic N) is 1. The Bertz CT molecular complexity index is 888. The van der Waals surface area contributed by atoms with Gasteiger partial charge in [-0.25, -0.2) is 0 Å². The molecule has 8 heteroatoms. The molecule has 0 bridgehead atoms. The first-order chi connectivity index (χ1) is 12.8. The standard InChI is InChI=1S/C19H15BrF3N3O/c20-17-7-2-1-4-13(17)8-9-25-12-14(11-24)18(27)26-16-6-3-5-15(10-16)19(21,22)23/h1-7,10,12,25H,8-9H2,(H,26,27)/b14-12-. The third kappa shape index (κ3) is 6.15. The van der Waals surface area contributed by atoms with Crippen molar-refractivity contribution >= 4 is 27.5 Å². The van der Waals surface area contributed by atoms with Crippen LogP contribution in [0.25, 0.3) is 0 Å². The number of nitrogens with one attached hydrogen (secondary N) is 2. The zero-order chi connectivity index (χ0) is 19.9. The number of carbonyl (C=O) groups is 1. The molecule has 4 nitrogen and oxygen atoms in total. The lowest BCUT2D eigenvalue weighted by Crippen LogP contribution is -2.18. The van der Waals surface area contributed by atoms with E-state index in [0.717, 1.165) is 22.2 Å². The van der Waals surface area contributed by atoms with Crippen molar-refractivity contribution in [1.82, 2.24) is 5.32 Å². The van der Waals surface area contributed by atoms with Gasteiger partial charge in [0.25, 0.3) is 5.91 Å². The van der Waals surface area contributed by atoms with E-state index in [1.165, 1.54) is 18.3 Å². The lowest BCUT2D eigenvalue weighted by molar-refractivity contribution is -0.137. The van der Waals surface area contributed by atoms with Gasteiger partial charge in [0.2, 0.25) is 0 Å². The van der Waals surface area contributed by atoms with Crippen LogP contribution in [0.15, 0.2) is 64.8 Å². The first-order valence-corrected chi connectivity index (χ1v) is 8.66. The zero-order valence-electron chi connectivity index (χ0n) is 14.0. The Kier molecular flexibility index (Phi) is 7.02. The summed E-state index contributed by atoms with van der Waals surface area (Å²) in [6.45, 7) is 0.477. The summed E-state index contributed by atoms with van der Waals surface area (Å²) >= 11 is 3.43. The second-order valence-electron chi connectivity index (χ2n) is 5.50. The number of rotatable bonds is 6. The Morgan fingerprint density at radius 3 is 2.59 bits per heavy atom. The molecular formula is C19H15BrF3N3O. The molecule has 0 radical (unpaired) electrons. The summed E-state index contributed by atoms with van der Waals surface area (Å²) in [5, 5.41) is 14.3. The van der Waals surface area contributed by atoms with Crippen LogP contribution in [0.5, 0.6) is 0 Å². The largest absolute Gasteiger partial charge is 0.416 e. The summed E-state index contributed by atoms with van der Waals surface area (Å²) in [4.78, 5) is 12.1. The molecule has 0 aliphatic carbocycles. The fourth-order valence-corrected chi connectivity index (χ4v) is 2.69. The number of benzene rings is 2. The van der Waals surface area contributed by atoms with Crippen LogP contribution in [-0.4, -0.2) is 12.5 Å². The Balaban J connectivity index is 1.96. The smallest absolute Gasteiger partial charge is 0.389 e. The van der Waals surface area contributed by atoms with Crippen molar-refractivity contribution in [2.24, 2.45) is 0 Å². The minimum atomic E-state index is -4.51. The molecule has 0 aliphatic heterocycles. The highest BCUT2D eigenvalue weighted by atomic mass is 79.9. The predicted molar refractivity (Wildman–Crippen MR) is 99.6 cm³/mol. The summed E-state index contributed by atoms with van der Waals surface area (Å²) in [5.41, 5.74) is -0.0941. The van der Waals surface area contributed by atoms with E-state index in [2.05, 4.69) is 26.6 Å². The molecule has 140 valence electrons. The average Bonchev–Trinajstić information content (AvgIpc) is 2.62. The van der Waals surface area contributed by atoms with Crippen LogP contribution in [-0.2, 0) is 17.4 Å². The van der Waals surface area contributed by atoms with E-state index in [0.29, 0.717) is 13.0 Å². The molecule has 0 aromatic heterocycles. The second-order valence-corrected chi connectivity index (χ2v) is 6.35. The molecule has 1 amide bonds. The quantitative estimate of drug-likeness (QED) is 0.392. The molecule has 0 spiro atoms. The van der Waals surface area contributed by atoms with Gasteiger partial charge in [-0.05, 0) is 36.2 Å². The average molecular weight is 438 g/mol. The van der Waals surface area contributed by atoms with Gasteiger partial charge in [-0.2, -0.15) is 18.4 Å². The predicted octanol–water partition coefficient (Wildman–Crippen LogP) is 4.65. The zero-order valence-corrected chi connectivity index (χ0v) is 15.6. The van der Waals surface area contributed by atoms with Gasteiger partial charge >= 0.3 is 6.18 Å². The molecule has 0 atom stereocenters. The summed E-state index contributed by atoms with van der Waals surface area (Å²) in [6.07, 6.45) is -2.60. The van der Waals surface area contributed by atoms with E-state index >= 15 is 0 Å².